The average molecular weight is 176 g/mol. The minimum Gasteiger partial charge on any atom is -0.294 e. The van der Waals surface area contributed by atoms with Crippen LogP contribution in [-0.4, -0.2) is 5.78 Å². The molecule has 1 heteroatoms. The van der Waals surface area contributed by atoms with E-state index in [-0.39, 0.29) is 5.78 Å². The number of benzene rings is 1. The monoisotopic (exact) mass is 176 g/mol. The molecule has 0 heterocycles. The zero-order chi connectivity index (χ0) is 9.84. The highest BCUT2D eigenvalue weighted by atomic mass is 16.1. The molecule has 1 aromatic rings. The van der Waals surface area contributed by atoms with Gasteiger partial charge in [-0.2, -0.15) is 0 Å². The number of rotatable bonds is 3. The minimum atomic E-state index is 0.251. The Labute approximate surface area is 79.8 Å². The topological polar surface area (TPSA) is 17.1 Å². The molecule has 0 atom stereocenters. The fourth-order valence-electron chi connectivity index (χ4n) is 1.45. The summed E-state index contributed by atoms with van der Waals surface area (Å²) < 4.78 is 0. The molecule has 0 spiro atoms. The zero-order valence-electron chi connectivity index (χ0n) is 8.55. The van der Waals surface area contributed by atoms with Crippen LogP contribution in [-0.2, 0) is 6.42 Å². The van der Waals surface area contributed by atoms with Gasteiger partial charge in [0.25, 0.3) is 0 Å². The Morgan fingerprint density at radius 1 is 1.31 bits per heavy atom. The van der Waals surface area contributed by atoms with E-state index in [4.69, 9.17) is 0 Å². The third-order valence-electron chi connectivity index (χ3n) is 2.27. The van der Waals surface area contributed by atoms with Crippen LogP contribution in [0.25, 0.3) is 0 Å². The third-order valence-corrected chi connectivity index (χ3v) is 2.27. The van der Waals surface area contributed by atoms with Crippen molar-refractivity contribution in [2.24, 2.45) is 0 Å². The van der Waals surface area contributed by atoms with Crippen LogP contribution >= 0.6 is 0 Å². The molecule has 1 nitrogen and oxygen atoms in total. The van der Waals surface area contributed by atoms with E-state index in [0.29, 0.717) is 6.42 Å². The average Bonchev–Trinajstić information content (AvgIpc) is 2.16. The Bertz CT molecular complexity index is 313. The van der Waals surface area contributed by atoms with Gasteiger partial charge in [0.1, 0.15) is 0 Å². The molecule has 0 aliphatic rings. The first kappa shape index (κ1) is 9.97. The van der Waals surface area contributed by atoms with Crippen LogP contribution in [0.1, 0.15) is 41.8 Å². The van der Waals surface area contributed by atoms with Gasteiger partial charge in [0, 0.05) is 12.0 Å². The van der Waals surface area contributed by atoms with E-state index in [1.807, 2.05) is 19.9 Å². The molecule has 0 radical (unpaired) electrons. The summed E-state index contributed by atoms with van der Waals surface area (Å²) in [6, 6.07) is 6.11. The van der Waals surface area contributed by atoms with Crippen molar-refractivity contribution in [3.8, 4) is 0 Å². The fraction of sp³-hybridized carbons (Fsp3) is 0.417. The number of Topliss-reactive ketones (excluding diaryl/α,β-unsaturated/α-hetero) is 1. The van der Waals surface area contributed by atoms with E-state index in [1.54, 1.807) is 0 Å². The Kier molecular flexibility index (Phi) is 3.24. The zero-order valence-corrected chi connectivity index (χ0v) is 8.55. The van der Waals surface area contributed by atoms with E-state index in [1.165, 1.54) is 0 Å². The third kappa shape index (κ3) is 2.18. The van der Waals surface area contributed by atoms with Gasteiger partial charge in [-0.05, 0) is 25.0 Å². The van der Waals surface area contributed by atoms with E-state index in [2.05, 4.69) is 19.1 Å². The number of ketones is 1. The summed E-state index contributed by atoms with van der Waals surface area (Å²) in [4.78, 5) is 11.5. The minimum absolute atomic E-state index is 0.251. The molecule has 0 saturated carbocycles. The number of carbonyl (C=O) groups is 1. The van der Waals surface area contributed by atoms with Crippen molar-refractivity contribution < 1.29 is 4.79 Å². The summed E-state index contributed by atoms with van der Waals surface area (Å²) in [7, 11) is 0. The van der Waals surface area contributed by atoms with Crippen LogP contribution in [0.3, 0.4) is 0 Å². The Balaban J connectivity index is 3.15. The highest BCUT2D eigenvalue weighted by Gasteiger charge is 2.07. The molecular weight excluding hydrogens is 160 g/mol. The van der Waals surface area contributed by atoms with Gasteiger partial charge in [-0.25, -0.2) is 0 Å². The molecule has 0 bridgehead atoms. The second-order valence-corrected chi connectivity index (χ2v) is 3.29. The van der Waals surface area contributed by atoms with Gasteiger partial charge in [0.15, 0.2) is 5.78 Å². The first-order valence-corrected chi connectivity index (χ1v) is 4.81. The highest BCUT2D eigenvalue weighted by Crippen LogP contribution is 2.14. The highest BCUT2D eigenvalue weighted by molar-refractivity contribution is 5.97. The first-order valence-electron chi connectivity index (χ1n) is 4.81. The molecule has 0 fully saturated rings. The second-order valence-electron chi connectivity index (χ2n) is 3.29. The summed E-state index contributed by atoms with van der Waals surface area (Å²) in [6.07, 6.45) is 1.53. The van der Waals surface area contributed by atoms with Gasteiger partial charge in [-0.3, -0.25) is 4.79 Å². The van der Waals surface area contributed by atoms with Gasteiger partial charge < -0.3 is 0 Å². The predicted molar refractivity (Wildman–Crippen MR) is 55.2 cm³/mol. The van der Waals surface area contributed by atoms with Gasteiger partial charge in [-0.1, -0.05) is 31.5 Å². The largest absolute Gasteiger partial charge is 0.294 e. The van der Waals surface area contributed by atoms with Crippen molar-refractivity contribution in [2.45, 2.75) is 33.6 Å². The summed E-state index contributed by atoms with van der Waals surface area (Å²) >= 11 is 0. The van der Waals surface area contributed by atoms with Crippen LogP contribution < -0.4 is 0 Å². The van der Waals surface area contributed by atoms with Crippen molar-refractivity contribution >= 4 is 5.78 Å². The normalized spacial score (nSPS) is 10.1. The quantitative estimate of drug-likeness (QED) is 0.646. The Hall–Kier alpha value is -1.11. The number of carbonyl (C=O) groups excluding carboxylic acids is 1. The van der Waals surface area contributed by atoms with Crippen LogP contribution in [0.2, 0.25) is 0 Å². The maximum absolute atomic E-state index is 11.5. The smallest absolute Gasteiger partial charge is 0.162 e. The summed E-state index contributed by atoms with van der Waals surface area (Å²) in [5, 5.41) is 0. The molecular formula is C12H16O. The summed E-state index contributed by atoms with van der Waals surface area (Å²) in [5.41, 5.74) is 3.23. The van der Waals surface area contributed by atoms with Gasteiger partial charge in [0.05, 0.1) is 0 Å². The van der Waals surface area contributed by atoms with Crippen LogP contribution in [0.15, 0.2) is 18.2 Å². The van der Waals surface area contributed by atoms with Gasteiger partial charge in [-0.15, -0.1) is 0 Å². The predicted octanol–water partition coefficient (Wildman–Crippen LogP) is 3.15. The van der Waals surface area contributed by atoms with Crippen molar-refractivity contribution in [2.75, 3.05) is 0 Å². The molecule has 13 heavy (non-hydrogen) atoms. The second kappa shape index (κ2) is 4.22. The lowest BCUT2D eigenvalue weighted by Crippen LogP contribution is -2.02. The lowest BCUT2D eigenvalue weighted by Gasteiger charge is -2.06. The maximum Gasteiger partial charge on any atom is 0.162 e. The number of hydrogen-bond donors (Lipinski definition) is 0. The molecule has 0 aromatic heterocycles. The van der Waals surface area contributed by atoms with Gasteiger partial charge >= 0.3 is 0 Å². The van der Waals surface area contributed by atoms with Crippen molar-refractivity contribution in [3.05, 3.63) is 34.9 Å². The standard InChI is InChI=1S/C12H16O/c1-4-10-7-6-9(3)8-11(10)12(13)5-2/h6-8H,4-5H2,1-3H3. The van der Waals surface area contributed by atoms with Crippen LogP contribution in [0, 0.1) is 6.92 Å². The fourth-order valence-corrected chi connectivity index (χ4v) is 1.45. The lowest BCUT2D eigenvalue weighted by molar-refractivity contribution is 0.0987. The molecule has 0 unspecified atom stereocenters. The summed E-state index contributed by atoms with van der Waals surface area (Å²) in [5.74, 6) is 0.251. The maximum atomic E-state index is 11.5. The van der Waals surface area contributed by atoms with E-state index >= 15 is 0 Å². The molecule has 70 valence electrons. The van der Waals surface area contributed by atoms with E-state index < -0.39 is 0 Å². The molecule has 0 amide bonds. The van der Waals surface area contributed by atoms with Crippen molar-refractivity contribution in [1.82, 2.24) is 0 Å². The van der Waals surface area contributed by atoms with Crippen molar-refractivity contribution in [1.29, 1.82) is 0 Å². The molecule has 1 aromatic carbocycles. The van der Waals surface area contributed by atoms with E-state index in [0.717, 1.165) is 23.1 Å². The Morgan fingerprint density at radius 3 is 2.54 bits per heavy atom. The Morgan fingerprint density at radius 2 is 2.00 bits per heavy atom. The first-order chi connectivity index (χ1) is 6.19. The SMILES string of the molecule is CCC(=O)c1cc(C)ccc1CC. The number of aryl methyl sites for hydroxylation is 2. The van der Waals surface area contributed by atoms with Crippen LogP contribution in [0.5, 0.6) is 0 Å². The van der Waals surface area contributed by atoms with Crippen molar-refractivity contribution in [3.63, 3.8) is 0 Å². The molecule has 0 aliphatic carbocycles. The molecule has 1 rings (SSSR count). The number of hydrogen-bond acceptors (Lipinski definition) is 1. The summed E-state index contributed by atoms with van der Waals surface area (Å²) in [6.45, 7) is 6.01. The van der Waals surface area contributed by atoms with E-state index in [9.17, 15) is 4.79 Å². The molecule has 0 aliphatic heterocycles. The lowest BCUT2D eigenvalue weighted by atomic mass is 9.98. The van der Waals surface area contributed by atoms with Crippen LogP contribution in [0.4, 0.5) is 0 Å². The van der Waals surface area contributed by atoms with Gasteiger partial charge in [0.2, 0.25) is 0 Å². The molecule has 0 saturated heterocycles. The molecule has 0 N–H and O–H groups in total.